The number of H-pyrrole nitrogens is 1. The molecule has 0 saturated heterocycles. The van der Waals surface area contributed by atoms with Gasteiger partial charge in [-0.25, -0.2) is 4.98 Å². The molecule has 1 aliphatic rings. The number of aromatic amines is 1. The number of nitrogens with two attached hydrogens (primary N) is 1. The van der Waals surface area contributed by atoms with Crippen LogP contribution in [0.25, 0.3) is 0 Å². The van der Waals surface area contributed by atoms with Crippen molar-refractivity contribution < 1.29 is 4.52 Å². The fraction of sp³-hybridized carbons (Fsp3) is 0.500. The van der Waals surface area contributed by atoms with E-state index in [-0.39, 0.29) is 6.04 Å². The molecule has 2 heterocycles. The van der Waals surface area contributed by atoms with E-state index in [0.717, 1.165) is 24.4 Å². The summed E-state index contributed by atoms with van der Waals surface area (Å²) in [6, 6.07) is -0.263. The predicted octanol–water partition coefficient (Wildman–Crippen LogP) is 0.913. The molecule has 1 fully saturated rings. The van der Waals surface area contributed by atoms with Crippen molar-refractivity contribution in [3.63, 3.8) is 0 Å². The van der Waals surface area contributed by atoms with Gasteiger partial charge in [0.1, 0.15) is 0 Å². The lowest BCUT2D eigenvalue weighted by Crippen LogP contribution is -2.14. The molecule has 2 aromatic rings. The molecule has 3 N–H and O–H groups in total. The molecule has 6 heteroatoms. The topological polar surface area (TPSA) is 93.6 Å². The van der Waals surface area contributed by atoms with E-state index >= 15 is 0 Å². The summed E-state index contributed by atoms with van der Waals surface area (Å²) in [4.78, 5) is 11.2. The number of hydrogen-bond donors (Lipinski definition) is 2. The van der Waals surface area contributed by atoms with Crippen LogP contribution < -0.4 is 5.73 Å². The Bertz CT molecular complexity index is 459. The largest absolute Gasteiger partial charge is 0.348 e. The van der Waals surface area contributed by atoms with Gasteiger partial charge < -0.3 is 15.2 Å². The van der Waals surface area contributed by atoms with Crippen LogP contribution in [0.4, 0.5) is 0 Å². The Balaban J connectivity index is 1.70. The van der Waals surface area contributed by atoms with Gasteiger partial charge in [0, 0.05) is 24.2 Å². The summed E-state index contributed by atoms with van der Waals surface area (Å²) in [7, 11) is 0. The van der Waals surface area contributed by atoms with Gasteiger partial charge in [0.2, 0.25) is 5.89 Å². The van der Waals surface area contributed by atoms with Crippen molar-refractivity contribution >= 4 is 0 Å². The van der Waals surface area contributed by atoms with Crippen LogP contribution in [0.5, 0.6) is 0 Å². The highest BCUT2D eigenvalue weighted by atomic mass is 16.5. The summed E-state index contributed by atoms with van der Waals surface area (Å²) >= 11 is 0. The molecule has 0 amide bonds. The lowest BCUT2D eigenvalue weighted by molar-refractivity contribution is 0.349. The van der Waals surface area contributed by atoms with E-state index in [0.29, 0.717) is 18.2 Å². The lowest BCUT2D eigenvalue weighted by Gasteiger charge is -2.03. The molecule has 0 spiro atoms. The van der Waals surface area contributed by atoms with E-state index in [1.807, 2.05) is 0 Å². The van der Waals surface area contributed by atoms with Crippen LogP contribution in [-0.2, 0) is 6.42 Å². The third kappa shape index (κ3) is 1.83. The molecule has 6 nitrogen and oxygen atoms in total. The molecule has 0 aromatic carbocycles. The van der Waals surface area contributed by atoms with Gasteiger partial charge in [-0.15, -0.1) is 0 Å². The highest BCUT2D eigenvalue weighted by molar-refractivity contribution is 5.06. The standard InChI is InChI=1S/C10H13N5O/c11-8(3-7-4-12-5-13-7)10-14-9(15-16-10)6-1-2-6/h4-6,8H,1-3,11H2,(H,12,13)/t8-/m1/s1. The van der Waals surface area contributed by atoms with Crippen molar-refractivity contribution in [1.82, 2.24) is 20.1 Å². The summed E-state index contributed by atoms with van der Waals surface area (Å²) < 4.78 is 5.16. The Hall–Kier alpha value is -1.69. The molecule has 2 aromatic heterocycles. The monoisotopic (exact) mass is 219 g/mol. The summed E-state index contributed by atoms with van der Waals surface area (Å²) in [6.07, 6.45) is 6.33. The molecule has 84 valence electrons. The Morgan fingerprint density at radius 3 is 3.12 bits per heavy atom. The maximum Gasteiger partial charge on any atom is 0.243 e. The quantitative estimate of drug-likeness (QED) is 0.797. The second kappa shape index (κ2) is 3.71. The Labute approximate surface area is 92.3 Å². The number of nitrogens with zero attached hydrogens (tertiary/aromatic N) is 3. The maximum absolute atomic E-state index is 5.98. The summed E-state index contributed by atoms with van der Waals surface area (Å²) in [5.41, 5.74) is 6.95. The first kappa shape index (κ1) is 9.53. The van der Waals surface area contributed by atoms with Crippen LogP contribution in [0, 0.1) is 0 Å². The highest BCUT2D eigenvalue weighted by Crippen LogP contribution is 2.38. The molecule has 3 rings (SSSR count). The van der Waals surface area contributed by atoms with Crippen molar-refractivity contribution in [3.05, 3.63) is 29.9 Å². The van der Waals surface area contributed by atoms with Crippen molar-refractivity contribution in [2.45, 2.75) is 31.2 Å². The SMILES string of the molecule is N[C@H](Cc1cnc[nH]1)c1nc(C2CC2)no1. The van der Waals surface area contributed by atoms with E-state index in [1.165, 1.54) is 0 Å². The number of imidazole rings is 1. The molecular weight excluding hydrogens is 206 g/mol. The third-order valence-electron chi connectivity index (χ3n) is 2.71. The molecule has 1 saturated carbocycles. The highest BCUT2D eigenvalue weighted by Gasteiger charge is 2.29. The number of aromatic nitrogens is 4. The fourth-order valence-corrected chi connectivity index (χ4v) is 1.63. The summed E-state index contributed by atoms with van der Waals surface area (Å²) in [5.74, 6) is 1.81. The fourth-order valence-electron chi connectivity index (χ4n) is 1.63. The maximum atomic E-state index is 5.98. The summed E-state index contributed by atoms with van der Waals surface area (Å²) in [6.45, 7) is 0. The zero-order valence-corrected chi connectivity index (χ0v) is 8.76. The van der Waals surface area contributed by atoms with Gasteiger partial charge in [0.15, 0.2) is 5.82 Å². The lowest BCUT2D eigenvalue weighted by atomic mass is 10.2. The molecule has 0 bridgehead atoms. The second-order valence-electron chi connectivity index (χ2n) is 4.15. The normalized spacial score (nSPS) is 17.6. The van der Waals surface area contributed by atoms with E-state index in [9.17, 15) is 0 Å². The molecule has 0 aliphatic heterocycles. The van der Waals surface area contributed by atoms with Crippen molar-refractivity contribution in [2.24, 2.45) is 5.73 Å². The molecule has 1 aliphatic carbocycles. The van der Waals surface area contributed by atoms with Gasteiger partial charge >= 0.3 is 0 Å². The van der Waals surface area contributed by atoms with Crippen LogP contribution in [0.3, 0.4) is 0 Å². The van der Waals surface area contributed by atoms with Crippen LogP contribution in [0.15, 0.2) is 17.0 Å². The van der Waals surface area contributed by atoms with Crippen LogP contribution in [-0.4, -0.2) is 20.1 Å². The number of hydrogen-bond acceptors (Lipinski definition) is 5. The first-order valence-electron chi connectivity index (χ1n) is 5.39. The van der Waals surface area contributed by atoms with Crippen LogP contribution in [0.1, 0.15) is 42.2 Å². The van der Waals surface area contributed by atoms with Crippen LogP contribution >= 0.6 is 0 Å². The smallest absolute Gasteiger partial charge is 0.243 e. The van der Waals surface area contributed by atoms with E-state index in [1.54, 1.807) is 12.5 Å². The molecule has 16 heavy (non-hydrogen) atoms. The van der Waals surface area contributed by atoms with Gasteiger partial charge in [-0.05, 0) is 12.8 Å². The minimum absolute atomic E-state index is 0.263. The van der Waals surface area contributed by atoms with Crippen molar-refractivity contribution in [2.75, 3.05) is 0 Å². The predicted molar refractivity (Wildman–Crippen MR) is 55.5 cm³/mol. The zero-order chi connectivity index (χ0) is 11.0. The summed E-state index contributed by atoms with van der Waals surface area (Å²) in [5, 5.41) is 3.94. The van der Waals surface area contributed by atoms with Gasteiger partial charge in [-0.1, -0.05) is 5.16 Å². The van der Waals surface area contributed by atoms with E-state index in [2.05, 4.69) is 20.1 Å². The van der Waals surface area contributed by atoms with Gasteiger partial charge in [-0.3, -0.25) is 0 Å². The Morgan fingerprint density at radius 1 is 1.56 bits per heavy atom. The Morgan fingerprint density at radius 2 is 2.44 bits per heavy atom. The van der Waals surface area contributed by atoms with Gasteiger partial charge in [-0.2, -0.15) is 4.98 Å². The number of rotatable bonds is 4. The van der Waals surface area contributed by atoms with Gasteiger partial charge in [0.05, 0.1) is 12.4 Å². The molecule has 1 atom stereocenters. The first-order chi connectivity index (χ1) is 7.83. The molecular formula is C10H13N5O. The second-order valence-corrected chi connectivity index (χ2v) is 4.15. The van der Waals surface area contributed by atoms with E-state index in [4.69, 9.17) is 10.3 Å². The first-order valence-corrected chi connectivity index (χ1v) is 5.39. The van der Waals surface area contributed by atoms with E-state index < -0.39 is 0 Å². The minimum atomic E-state index is -0.263. The van der Waals surface area contributed by atoms with Crippen molar-refractivity contribution in [1.29, 1.82) is 0 Å². The molecule has 0 unspecified atom stereocenters. The zero-order valence-electron chi connectivity index (χ0n) is 8.76. The third-order valence-corrected chi connectivity index (χ3v) is 2.71. The average molecular weight is 219 g/mol. The van der Waals surface area contributed by atoms with Crippen LogP contribution in [0.2, 0.25) is 0 Å². The molecule has 0 radical (unpaired) electrons. The van der Waals surface area contributed by atoms with Crippen molar-refractivity contribution in [3.8, 4) is 0 Å². The average Bonchev–Trinajstić information content (AvgIpc) is 2.82. The minimum Gasteiger partial charge on any atom is -0.348 e. The Kier molecular flexibility index (Phi) is 2.21. The van der Waals surface area contributed by atoms with Gasteiger partial charge in [0.25, 0.3) is 0 Å². The number of nitrogens with one attached hydrogen (secondary N) is 1.